The van der Waals surface area contributed by atoms with Crippen molar-refractivity contribution in [1.82, 2.24) is 19.5 Å². The number of anilines is 1. The predicted molar refractivity (Wildman–Crippen MR) is 65.0 cm³/mol. The number of Topliss-reactive ketones (excluding diaryl/α,β-unsaturated/α-hetero) is 1. The number of imidazole rings is 1. The number of aliphatic hydroxyl groups excluding tert-OH is 2. The first-order valence-corrected chi connectivity index (χ1v) is 5.71. The van der Waals surface area contributed by atoms with Gasteiger partial charge in [0.15, 0.2) is 17.2 Å². The zero-order valence-corrected chi connectivity index (χ0v) is 10.1. The highest BCUT2D eigenvalue weighted by molar-refractivity contribution is 6.03. The lowest BCUT2D eigenvalue weighted by Crippen LogP contribution is -2.26. The first-order valence-electron chi connectivity index (χ1n) is 5.71. The van der Waals surface area contributed by atoms with Gasteiger partial charge in [-0.1, -0.05) is 0 Å². The smallest absolute Gasteiger partial charge is 0.194 e. The molecule has 0 aliphatic heterocycles. The maximum Gasteiger partial charge on any atom is 0.194 e. The molecule has 3 rings (SSSR count). The van der Waals surface area contributed by atoms with Crippen molar-refractivity contribution in [2.75, 3.05) is 12.3 Å². The van der Waals surface area contributed by atoms with Crippen molar-refractivity contribution in [3.8, 4) is 0 Å². The van der Waals surface area contributed by atoms with Gasteiger partial charge in [0.2, 0.25) is 0 Å². The van der Waals surface area contributed by atoms with Crippen LogP contribution in [0.15, 0.2) is 24.1 Å². The van der Waals surface area contributed by atoms with Crippen LogP contribution in [-0.4, -0.2) is 48.2 Å². The van der Waals surface area contributed by atoms with E-state index in [9.17, 15) is 14.3 Å². The summed E-state index contributed by atoms with van der Waals surface area (Å²) in [6.45, 7) is -0.776. The number of carbonyl (C=O) groups excluding carboxylic acids is 1. The summed E-state index contributed by atoms with van der Waals surface area (Å²) in [6.07, 6.45) is 0.760. The molecule has 2 aromatic heterocycles. The highest BCUT2D eigenvalue weighted by Crippen LogP contribution is 2.36. The molecule has 0 radical (unpaired) electrons. The van der Waals surface area contributed by atoms with Gasteiger partial charge in [0, 0.05) is 0 Å². The molecule has 9 heteroatoms. The van der Waals surface area contributed by atoms with E-state index in [-0.39, 0.29) is 17.0 Å². The van der Waals surface area contributed by atoms with E-state index >= 15 is 0 Å². The summed E-state index contributed by atoms with van der Waals surface area (Å²) in [5.41, 5.74) is 5.62. The summed E-state index contributed by atoms with van der Waals surface area (Å²) in [5.74, 6) is -1.64. The molecule has 0 unspecified atom stereocenters. The number of nitrogen functional groups attached to an aromatic ring is 1. The van der Waals surface area contributed by atoms with Crippen LogP contribution in [0.3, 0.4) is 0 Å². The number of aromatic nitrogens is 4. The minimum Gasteiger partial charge on any atom is -0.391 e. The van der Waals surface area contributed by atoms with Crippen LogP contribution in [0.4, 0.5) is 10.2 Å². The highest BCUT2D eigenvalue weighted by atomic mass is 19.1. The molecule has 1 aliphatic rings. The largest absolute Gasteiger partial charge is 0.391 e. The SMILES string of the molecule is Nc1ncnc2c1ncn2[C@@H]1C(F)=C(CO)C(=O)[C@H]1O. The Morgan fingerprint density at radius 3 is 2.80 bits per heavy atom. The number of hydrogen-bond acceptors (Lipinski definition) is 7. The van der Waals surface area contributed by atoms with Gasteiger partial charge >= 0.3 is 0 Å². The summed E-state index contributed by atoms with van der Waals surface area (Å²) in [7, 11) is 0. The van der Waals surface area contributed by atoms with Gasteiger partial charge in [-0.3, -0.25) is 4.79 Å². The standard InChI is InChI=1S/C11H10FN5O3/c12-5-4(1-18)8(19)9(20)7(5)17-3-16-6-10(13)14-2-15-11(6)17/h2-3,7,9,18,20H,1H2,(H2,13,14,15)/t7-,9+/m1/s1. The van der Waals surface area contributed by atoms with E-state index in [1.807, 2.05) is 0 Å². The number of nitrogens with zero attached hydrogens (tertiary/aromatic N) is 4. The highest BCUT2D eigenvalue weighted by Gasteiger charge is 2.43. The van der Waals surface area contributed by atoms with Gasteiger partial charge in [-0.15, -0.1) is 0 Å². The lowest BCUT2D eigenvalue weighted by Gasteiger charge is -2.15. The topological polar surface area (TPSA) is 127 Å². The number of rotatable bonds is 2. The fraction of sp³-hybridized carbons (Fsp3) is 0.273. The molecule has 104 valence electrons. The Morgan fingerprint density at radius 2 is 2.15 bits per heavy atom. The first-order chi connectivity index (χ1) is 9.56. The second-order valence-corrected chi connectivity index (χ2v) is 4.32. The Labute approximate surface area is 111 Å². The number of fused-ring (bicyclic) bond motifs is 1. The molecule has 0 spiro atoms. The number of nitrogens with two attached hydrogens (primary N) is 1. The van der Waals surface area contributed by atoms with Crippen molar-refractivity contribution in [2.24, 2.45) is 0 Å². The van der Waals surface area contributed by atoms with Crippen molar-refractivity contribution in [1.29, 1.82) is 0 Å². The molecule has 0 aromatic carbocycles. The first kappa shape index (κ1) is 12.6. The molecule has 0 saturated heterocycles. The second kappa shape index (κ2) is 4.32. The molecule has 8 nitrogen and oxygen atoms in total. The van der Waals surface area contributed by atoms with Crippen LogP contribution in [0, 0.1) is 0 Å². The van der Waals surface area contributed by atoms with E-state index in [4.69, 9.17) is 10.8 Å². The average molecular weight is 279 g/mol. The van der Waals surface area contributed by atoms with Crippen molar-refractivity contribution < 1.29 is 19.4 Å². The maximum absolute atomic E-state index is 14.2. The summed E-state index contributed by atoms with van der Waals surface area (Å²) >= 11 is 0. The third kappa shape index (κ3) is 1.53. The van der Waals surface area contributed by atoms with E-state index < -0.39 is 35.9 Å². The second-order valence-electron chi connectivity index (χ2n) is 4.32. The van der Waals surface area contributed by atoms with Gasteiger partial charge in [0.25, 0.3) is 0 Å². The minimum absolute atomic E-state index is 0.110. The molecule has 0 amide bonds. The molecule has 20 heavy (non-hydrogen) atoms. The Kier molecular flexibility index (Phi) is 2.73. The van der Waals surface area contributed by atoms with Crippen LogP contribution in [-0.2, 0) is 4.79 Å². The lowest BCUT2D eigenvalue weighted by molar-refractivity contribution is -0.123. The van der Waals surface area contributed by atoms with Crippen LogP contribution in [0.2, 0.25) is 0 Å². The monoisotopic (exact) mass is 279 g/mol. The zero-order chi connectivity index (χ0) is 14.4. The van der Waals surface area contributed by atoms with Crippen LogP contribution in [0.5, 0.6) is 0 Å². The van der Waals surface area contributed by atoms with Gasteiger partial charge in [-0.25, -0.2) is 19.3 Å². The molecular weight excluding hydrogens is 269 g/mol. The number of carbonyl (C=O) groups is 1. The molecule has 4 N–H and O–H groups in total. The van der Waals surface area contributed by atoms with Crippen molar-refractivity contribution in [3.63, 3.8) is 0 Å². The molecule has 2 heterocycles. The lowest BCUT2D eigenvalue weighted by atomic mass is 10.1. The van der Waals surface area contributed by atoms with Crippen LogP contribution < -0.4 is 5.73 Å². The van der Waals surface area contributed by atoms with Crippen LogP contribution in [0.25, 0.3) is 11.2 Å². The molecule has 0 saturated carbocycles. The number of hydrogen-bond donors (Lipinski definition) is 3. The van der Waals surface area contributed by atoms with E-state index in [1.54, 1.807) is 0 Å². The fourth-order valence-corrected chi connectivity index (χ4v) is 2.26. The average Bonchev–Trinajstić information content (AvgIpc) is 2.92. The molecule has 0 fully saturated rings. The molecule has 1 aliphatic carbocycles. The van der Waals surface area contributed by atoms with Gasteiger partial charge in [0.05, 0.1) is 18.5 Å². The third-order valence-corrected chi connectivity index (χ3v) is 3.26. The minimum atomic E-state index is -1.63. The van der Waals surface area contributed by atoms with Crippen molar-refractivity contribution in [3.05, 3.63) is 24.1 Å². The van der Waals surface area contributed by atoms with Gasteiger partial charge in [-0.05, 0) is 0 Å². The quantitative estimate of drug-likeness (QED) is 0.650. The summed E-state index contributed by atoms with van der Waals surface area (Å²) < 4.78 is 15.4. The van der Waals surface area contributed by atoms with Crippen LogP contribution >= 0.6 is 0 Å². The number of aliphatic hydroxyl groups is 2. The molecule has 2 atom stereocenters. The Morgan fingerprint density at radius 1 is 1.40 bits per heavy atom. The Hall–Kier alpha value is -2.39. The van der Waals surface area contributed by atoms with Gasteiger partial charge in [0.1, 0.15) is 29.8 Å². The fourth-order valence-electron chi connectivity index (χ4n) is 2.26. The van der Waals surface area contributed by atoms with E-state index in [0.29, 0.717) is 0 Å². The number of halogens is 1. The zero-order valence-electron chi connectivity index (χ0n) is 10.1. The summed E-state index contributed by atoms with van der Waals surface area (Å²) in [6, 6.07) is -1.30. The maximum atomic E-state index is 14.2. The van der Waals surface area contributed by atoms with Crippen molar-refractivity contribution >= 4 is 22.8 Å². The predicted octanol–water partition coefficient (Wildman–Crippen LogP) is -0.891. The summed E-state index contributed by atoms with van der Waals surface area (Å²) in [5, 5.41) is 18.9. The molecule has 2 aromatic rings. The normalized spacial score (nSPS) is 23.1. The van der Waals surface area contributed by atoms with Gasteiger partial charge in [-0.2, -0.15) is 0 Å². The van der Waals surface area contributed by atoms with E-state index in [2.05, 4.69) is 15.0 Å². The summed E-state index contributed by atoms with van der Waals surface area (Å²) in [4.78, 5) is 23.3. The Balaban J connectivity index is 2.19. The Bertz CT molecular complexity index is 741. The molecular formula is C11H10FN5O3. The van der Waals surface area contributed by atoms with Crippen LogP contribution in [0.1, 0.15) is 6.04 Å². The number of ketones is 1. The van der Waals surface area contributed by atoms with E-state index in [1.165, 1.54) is 17.2 Å². The third-order valence-electron chi connectivity index (χ3n) is 3.26. The van der Waals surface area contributed by atoms with Gasteiger partial charge < -0.3 is 20.5 Å². The molecule has 0 bridgehead atoms. The van der Waals surface area contributed by atoms with E-state index in [0.717, 1.165) is 0 Å². The van der Waals surface area contributed by atoms with Crippen molar-refractivity contribution in [2.45, 2.75) is 12.1 Å².